The summed E-state index contributed by atoms with van der Waals surface area (Å²) in [5.41, 5.74) is -0.812. The molecule has 3 atom stereocenters. The molecule has 3 N–H and O–H groups in total. The van der Waals surface area contributed by atoms with E-state index in [9.17, 15) is 24.3 Å². The number of ether oxygens (including phenoxy) is 2. The standard InChI is InChI=1S/C28H38N2O7/c1-27(2,3)23(25(34)29-7)30-24(33)20(15-17-12-13-18-10-8-9-11-19(18)14-17)22(36-16-21(31)32)26(35)37-28(4,5)6/h8-14,20,22-23H,15-16H2,1-7H3,(H,29,34)(H,30,33)(H,31,32)/t20-,22+,23-/m1/s1. The molecular weight excluding hydrogens is 476 g/mol. The van der Waals surface area contributed by atoms with Gasteiger partial charge < -0.3 is 25.2 Å². The molecule has 0 unspecified atom stereocenters. The van der Waals surface area contributed by atoms with Crippen LogP contribution >= 0.6 is 0 Å². The molecule has 0 aliphatic carbocycles. The molecule has 2 aromatic rings. The lowest BCUT2D eigenvalue weighted by Crippen LogP contribution is -2.56. The maximum absolute atomic E-state index is 13.7. The van der Waals surface area contributed by atoms with Gasteiger partial charge >= 0.3 is 11.9 Å². The van der Waals surface area contributed by atoms with Gasteiger partial charge in [-0.2, -0.15) is 0 Å². The van der Waals surface area contributed by atoms with Gasteiger partial charge in [-0.3, -0.25) is 9.59 Å². The smallest absolute Gasteiger partial charge is 0.336 e. The van der Waals surface area contributed by atoms with Crippen molar-refractivity contribution in [3.05, 3.63) is 48.0 Å². The zero-order valence-corrected chi connectivity index (χ0v) is 22.6. The molecule has 2 amide bonds. The number of amides is 2. The van der Waals surface area contributed by atoms with Crippen molar-refractivity contribution in [1.82, 2.24) is 10.6 Å². The van der Waals surface area contributed by atoms with E-state index in [2.05, 4.69) is 10.6 Å². The molecule has 0 radical (unpaired) electrons. The molecule has 0 heterocycles. The minimum atomic E-state index is -1.52. The number of carboxylic acid groups (broad SMARTS) is 1. The van der Waals surface area contributed by atoms with Crippen LogP contribution in [0.15, 0.2) is 42.5 Å². The Kier molecular flexibility index (Phi) is 9.80. The molecule has 0 saturated carbocycles. The van der Waals surface area contributed by atoms with Crippen molar-refractivity contribution in [2.45, 2.75) is 65.7 Å². The fourth-order valence-corrected chi connectivity index (χ4v) is 3.90. The predicted molar refractivity (Wildman–Crippen MR) is 140 cm³/mol. The predicted octanol–water partition coefficient (Wildman–Crippen LogP) is 3.09. The Morgan fingerprint density at radius 2 is 1.54 bits per heavy atom. The summed E-state index contributed by atoms with van der Waals surface area (Å²) in [6.45, 7) is 9.60. The van der Waals surface area contributed by atoms with E-state index >= 15 is 0 Å². The monoisotopic (exact) mass is 514 g/mol. The molecule has 2 rings (SSSR count). The van der Waals surface area contributed by atoms with Crippen LogP contribution in [0.25, 0.3) is 10.8 Å². The third-order valence-electron chi connectivity index (χ3n) is 5.66. The average molecular weight is 515 g/mol. The van der Waals surface area contributed by atoms with E-state index in [1.165, 1.54) is 7.05 Å². The number of carboxylic acids is 1. The number of hydrogen-bond acceptors (Lipinski definition) is 6. The number of fused-ring (bicyclic) bond motifs is 1. The van der Waals surface area contributed by atoms with E-state index in [1.54, 1.807) is 41.5 Å². The molecule has 2 aromatic carbocycles. The van der Waals surface area contributed by atoms with Gasteiger partial charge in [-0.25, -0.2) is 9.59 Å². The highest BCUT2D eigenvalue weighted by atomic mass is 16.6. The first-order chi connectivity index (χ1) is 17.1. The summed E-state index contributed by atoms with van der Waals surface area (Å²) in [5, 5.41) is 16.5. The first-order valence-electron chi connectivity index (χ1n) is 12.2. The van der Waals surface area contributed by atoms with Crippen molar-refractivity contribution in [1.29, 1.82) is 0 Å². The van der Waals surface area contributed by atoms with Crippen molar-refractivity contribution in [2.24, 2.45) is 11.3 Å². The second-order valence-electron chi connectivity index (χ2n) is 11.1. The van der Waals surface area contributed by atoms with E-state index in [1.807, 2.05) is 42.5 Å². The Hall–Kier alpha value is -3.46. The molecule has 0 fully saturated rings. The third-order valence-corrected chi connectivity index (χ3v) is 5.66. The summed E-state index contributed by atoms with van der Waals surface area (Å²) < 4.78 is 11.0. The number of aliphatic carboxylic acids is 1. The summed E-state index contributed by atoms with van der Waals surface area (Å²) >= 11 is 0. The SMILES string of the molecule is CNC(=O)[C@@H](NC(=O)[C@H](Cc1ccc2ccccc2c1)[C@H](OCC(=O)O)C(=O)OC(C)(C)C)C(C)(C)C. The lowest BCUT2D eigenvalue weighted by atomic mass is 9.84. The van der Waals surface area contributed by atoms with Crippen LogP contribution in [0, 0.1) is 11.3 Å². The van der Waals surface area contributed by atoms with E-state index in [4.69, 9.17) is 9.47 Å². The summed E-state index contributed by atoms with van der Waals surface area (Å²) in [6.07, 6.45) is -1.47. The highest BCUT2D eigenvalue weighted by Gasteiger charge is 2.41. The van der Waals surface area contributed by atoms with E-state index in [-0.39, 0.29) is 6.42 Å². The van der Waals surface area contributed by atoms with Crippen LogP contribution in [0.5, 0.6) is 0 Å². The molecule has 9 nitrogen and oxygen atoms in total. The number of nitrogens with one attached hydrogen (secondary N) is 2. The number of esters is 1. The quantitative estimate of drug-likeness (QED) is 0.415. The highest BCUT2D eigenvalue weighted by Crippen LogP contribution is 2.25. The van der Waals surface area contributed by atoms with Crippen LogP contribution in [0.3, 0.4) is 0 Å². The van der Waals surface area contributed by atoms with Crippen LogP contribution in [-0.4, -0.2) is 60.3 Å². The van der Waals surface area contributed by atoms with Crippen molar-refractivity contribution in [2.75, 3.05) is 13.7 Å². The third kappa shape index (κ3) is 8.86. The molecule has 37 heavy (non-hydrogen) atoms. The summed E-state index contributed by atoms with van der Waals surface area (Å²) in [5.74, 6) is -4.35. The summed E-state index contributed by atoms with van der Waals surface area (Å²) in [7, 11) is 1.47. The number of carbonyl (C=O) groups is 4. The molecule has 0 spiro atoms. The minimum absolute atomic E-state index is 0.0464. The number of carbonyl (C=O) groups excluding carboxylic acids is 3. The molecular formula is C28H38N2O7. The Bertz CT molecular complexity index is 1130. The normalized spacial score (nSPS) is 14.4. The van der Waals surface area contributed by atoms with Crippen molar-refractivity contribution in [3.63, 3.8) is 0 Å². The second kappa shape index (κ2) is 12.2. The maximum atomic E-state index is 13.7. The molecule has 0 saturated heterocycles. The molecule has 0 bridgehead atoms. The van der Waals surface area contributed by atoms with Gasteiger partial charge in [0.05, 0.1) is 5.92 Å². The van der Waals surface area contributed by atoms with Gasteiger partial charge in [0.1, 0.15) is 18.2 Å². The Labute approximate surface area is 217 Å². The van der Waals surface area contributed by atoms with Gasteiger partial charge in [0.2, 0.25) is 11.8 Å². The van der Waals surface area contributed by atoms with Crippen LogP contribution in [0.4, 0.5) is 0 Å². The van der Waals surface area contributed by atoms with Crippen LogP contribution in [0.1, 0.15) is 47.1 Å². The number of benzene rings is 2. The van der Waals surface area contributed by atoms with Crippen molar-refractivity contribution < 1.29 is 33.8 Å². The van der Waals surface area contributed by atoms with Gasteiger partial charge in [0.25, 0.3) is 0 Å². The summed E-state index contributed by atoms with van der Waals surface area (Å²) in [4.78, 5) is 50.8. The maximum Gasteiger partial charge on any atom is 0.336 e. The van der Waals surface area contributed by atoms with Gasteiger partial charge in [-0.1, -0.05) is 63.2 Å². The lowest BCUT2D eigenvalue weighted by molar-refractivity contribution is -0.177. The first kappa shape index (κ1) is 29.8. The molecule has 0 aliphatic rings. The zero-order chi connectivity index (χ0) is 28.0. The minimum Gasteiger partial charge on any atom is -0.480 e. The van der Waals surface area contributed by atoms with Crippen LogP contribution in [-0.2, 0) is 35.1 Å². The number of likely N-dealkylation sites (N-methyl/N-ethyl adjacent to an activating group) is 1. The van der Waals surface area contributed by atoms with Gasteiger partial charge in [-0.05, 0) is 48.9 Å². The summed E-state index contributed by atoms with van der Waals surface area (Å²) in [6, 6.07) is 12.4. The Morgan fingerprint density at radius 3 is 2.08 bits per heavy atom. The van der Waals surface area contributed by atoms with E-state index in [0.717, 1.165) is 16.3 Å². The average Bonchev–Trinajstić information content (AvgIpc) is 2.79. The molecule has 0 aliphatic heterocycles. The van der Waals surface area contributed by atoms with E-state index < -0.39 is 59.4 Å². The Morgan fingerprint density at radius 1 is 0.919 bits per heavy atom. The van der Waals surface area contributed by atoms with Crippen molar-refractivity contribution >= 4 is 34.5 Å². The number of rotatable bonds is 10. The lowest BCUT2D eigenvalue weighted by Gasteiger charge is -2.33. The largest absolute Gasteiger partial charge is 0.480 e. The molecule has 9 heteroatoms. The second-order valence-corrected chi connectivity index (χ2v) is 11.1. The Balaban J connectivity index is 2.53. The highest BCUT2D eigenvalue weighted by molar-refractivity contribution is 5.92. The number of hydrogen-bond donors (Lipinski definition) is 3. The van der Waals surface area contributed by atoms with Gasteiger partial charge in [0, 0.05) is 7.05 Å². The fourth-order valence-electron chi connectivity index (χ4n) is 3.90. The first-order valence-corrected chi connectivity index (χ1v) is 12.2. The van der Waals surface area contributed by atoms with Gasteiger partial charge in [-0.15, -0.1) is 0 Å². The van der Waals surface area contributed by atoms with E-state index in [0.29, 0.717) is 0 Å². The van der Waals surface area contributed by atoms with Crippen LogP contribution < -0.4 is 10.6 Å². The topological polar surface area (TPSA) is 131 Å². The zero-order valence-electron chi connectivity index (χ0n) is 22.6. The molecule has 0 aromatic heterocycles. The van der Waals surface area contributed by atoms with Crippen LogP contribution in [0.2, 0.25) is 0 Å². The fraction of sp³-hybridized carbons (Fsp3) is 0.500. The molecule has 202 valence electrons. The van der Waals surface area contributed by atoms with Gasteiger partial charge in [0.15, 0.2) is 6.10 Å². The van der Waals surface area contributed by atoms with Crippen molar-refractivity contribution in [3.8, 4) is 0 Å².